The van der Waals surface area contributed by atoms with Crippen molar-refractivity contribution in [1.29, 1.82) is 0 Å². The van der Waals surface area contributed by atoms with Crippen LogP contribution in [0.15, 0.2) is 47.0 Å². The van der Waals surface area contributed by atoms with E-state index < -0.39 is 0 Å². The summed E-state index contributed by atoms with van der Waals surface area (Å²) < 4.78 is 13.4. The summed E-state index contributed by atoms with van der Waals surface area (Å²) >= 11 is 1.75. The predicted molar refractivity (Wildman–Crippen MR) is 133 cm³/mol. The van der Waals surface area contributed by atoms with E-state index in [1.165, 1.54) is 28.7 Å². The minimum atomic E-state index is -0.366. The molecular formula is C27H28N4O2S. The summed E-state index contributed by atoms with van der Waals surface area (Å²) in [4.78, 5) is 9.30. The number of benzene rings is 2. The summed E-state index contributed by atoms with van der Waals surface area (Å²) in [5, 5.41) is 9.05. The minimum absolute atomic E-state index is 0.163. The average molecular weight is 473 g/mol. The van der Waals surface area contributed by atoms with Gasteiger partial charge in [-0.3, -0.25) is 0 Å². The van der Waals surface area contributed by atoms with E-state index in [2.05, 4.69) is 64.8 Å². The van der Waals surface area contributed by atoms with E-state index in [-0.39, 0.29) is 11.0 Å². The van der Waals surface area contributed by atoms with E-state index in [1.54, 1.807) is 11.3 Å². The molecule has 4 fully saturated rings. The largest absolute Gasteiger partial charge is 0.384 e. The lowest BCUT2D eigenvalue weighted by atomic mass is 9.66. The van der Waals surface area contributed by atoms with E-state index >= 15 is 0 Å². The molecule has 0 amide bonds. The lowest BCUT2D eigenvalue weighted by Crippen LogP contribution is -2.52. The monoisotopic (exact) mass is 472 g/mol. The van der Waals surface area contributed by atoms with Gasteiger partial charge in [0.25, 0.3) is 5.89 Å². The van der Waals surface area contributed by atoms with Crippen molar-refractivity contribution in [3.63, 3.8) is 0 Å². The van der Waals surface area contributed by atoms with Crippen LogP contribution in [0.3, 0.4) is 0 Å². The quantitative estimate of drug-likeness (QED) is 0.349. The van der Waals surface area contributed by atoms with Crippen LogP contribution in [0.5, 0.6) is 0 Å². The Hall–Kier alpha value is -2.77. The van der Waals surface area contributed by atoms with Crippen molar-refractivity contribution >= 4 is 27.2 Å². The highest BCUT2D eigenvalue weighted by atomic mass is 32.1. The van der Waals surface area contributed by atoms with Crippen molar-refractivity contribution in [2.45, 2.75) is 57.0 Å². The topological polar surface area (TPSA) is 73.1 Å². The van der Waals surface area contributed by atoms with Gasteiger partial charge in [0.15, 0.2) is 5.82 Å². The molecule has 0 spiro atoms. The van der Waals surface area contributed by atoms with Crippen molar-refractivity contribution in [1.82, 2.24) is 15.1 Å². The fraction of sp³-hybridized carbons (Fsp3) is 0.444. The van der Waals surface area contributed by atoms with E-state index in [0.29, 0.717) is 11.8 Å². The van der Waals surface area contributed by atoms with Crippen molar-refractivity contribution in [3.05, 3.63) is 59.2 Å². The second-order valence-electron chi connectivity index (χ2n) is 10.4. The smallest absolute Gasteiger partial charge is 0.258 e. The van der Waals surface area contributed by atoms with Gasteiger partial charge in [-0.2, -0.15) is 4.98 Å². The van der Waals surface area contributed by atoms with E-state index in [9.17, 15) is 0 Å². The molecule has 1 N–H and O–H groups in total. The summed E-state index contributed by atoms with van der Waals surface area (Å²) in [6.07, 6.45) is 6.50. The van der Waals surface area contributed by atoms with Crippen LogP contribution in [0.4, 0.5) is 5.69 Å². The van der Waals surface area contributed by atoms with Gasteiger partial charge in [-0.1, -0.05) is 23.4 Å². The van der Waals surface area contributed by atoms with Crippen molar-refractivity contribution < 1.29 is 9.26 Å². The molecule has 2 aliphatic heterocycles. The summed E-state index contributed by atoms with van der Waals surface area (Å²) in [5.74, 6) is 2.09. The zero-order chi connectivity index (χ0) is 22.8. The Bertz CT molecular complexity index is 1350. The zero-order valence-corrected chi connectivity index (χ0v) is 20.2. The maximum absolute atomic E-state index is 6.45. The number of fused-ring (bicyclic) bond motifs is 4. The van der Waals surface area contributed by atoms with E-state index in [0.717, 1.165) is 60.9 Å². The molecule has 4 aliphatic rings. The summed E-state index contributed by atoms with van der Waals surface area (Å²) in [6.45, 7) is 3.71. The van der Waals surface area contributed by atoms with Gasteiger partial charge in [-0.05, 0) is 80.8 Å². The van der Waals surface area contributed by atoms with E-state index in [4.69, 9.17) is 14.2 Å². The third-order valence-corrected chi connectivity index (χ3v) is 8.84. The molecule has 8 rings (SSSR count). The molecule has 2 aromatic heterocycles. The van der Waals surface area contributed by atoms with Crippen LogP contribution in [0.25, 0.3) is 21.3 Å². The predicted octanol–water partition coefficient (Wildman–Crippen LogP) is 6.43. The number of anilines is 1. The molecule has 174 valence electrons. The van der Waals surface area contributed by atoms with Crippen molar-refractivity contribution in [2.75, 3.05) is 18.5 Å². The molecule has 4 heterocycles. The summed E-state index contributed by atoms with van der Waals surface area (Å²) in [5.41, 5.74) is 4.48. The molecule has 34 heavy (non-hydrogen) atoms. The molecule has 2 saturated heterocycles. The Labute approximate surface area is 202 Å². The zero-order valence-electron chi connectivity index (χ0n) is 19.3. The average Bonchev–Trinajstić information content (AvgIpc) is 3.47. The number of ether oxygens (including phenoxy) is 1. The Balaban J connectivity index is 1.04. The maximum atomic E-state index is 6.45. The fourth-order valence-corrected chi connectivity index (χ4v) is 6.38. The highest BCUT2D eigenvalue weighted by molar-refractivity contribution is 7.18. The molecule has 0 atom stereocenters. The first-order valence-corrected chi connectivity index (χ1v) is 13.1. The maximum Gasteiger partial charge on any atom is 0.258 e. The van der Waals surface area contributed by atoms with Gasteiger partial charge in [-0.15, -0.1) is 11.3 Å². The van der Waals surface area contributed by atoms with Gasteiger partial charge < -0.3 is 14.6 Å². The minimum Gasteiger partial charge on any atom is -0.384 e. The van der Waals surface area contributed by atoms with Gasteiger partial charge in [0, 0.05) is 23.6 Å². The summed E-state index contributed by atoms with van der Waals surface area (Å²) in [7, 11) is 0. The van der Waals surface area contributed by atoms with Gasteiger partial charge in [0.1, 0.15) is 5.60 Å². The van der Waals surface area contributed by atoms with E-state index in [1.807, 2.05) is 0 Å². The lowest BCUT2D eigenvalue weighted by Gasteiger charge is -2.51. The molecule has 2 bridgehead atoms. The number of hydrogen-bond acceptors (Lipinski definition) is 7. The highest BCUT2D eigenvalue weighted by Crippen LogP contribution is 2.53. The second kappa shape index (κ2) is 7.62. The van der Waals surface area contributed by atoms with Crippen molar-refractivity contribution in [2.24, 2.45) is 5.41 Å². The highest BCUT2D eigenvalue weighted by Gasteiger charge is 2.53. The fourth-order valence-electron chi connectivity index (χ4n) is 5.51. The first-order valence-electron chi connectivity index (χ1n) is 12.3. The molecule has 6 nitrogen and oxygen atoms in total. The van der Waals surface area contributed by atoms with Gasteiger partial charge in [0.05, 0.1) is 21.8 Å². The van der Waals surface area contributed by atoms with Crippen LogP contribution in [0.2, 0.25) is 0 Å². The summed E-state index contributed by atoms with van der Waals surface area (Å²) in [6, 6.07) is 15.3. The number of aromatic nitrogens is 3. The molecule has 7 heteroatoms. The Morgan fingerprint density at radius 2 is 1.88 bits per heavy atom. The van der Waals surface area contributed by atoms with Gasteiger partial charge in [0.2, 0.25) is 0 Å². The first kappa shape index (κ1) is 20.6. The van der Waals surface area contributed by atoms with Gasteiger partial charge >= 0.3 is 0 Å². The first-order chi connectivity index (χ1) is 16.6. The third kappa shape index (κ3) is 3.53. The van der Waals surface area contributed by atoms with Crippen LogP contribution in [0, 0.1) is 12.3 Å². The molecule has 2 aliphatic carbocycles. The molecule has 2 saturated carbocycles. The van der Waals surface area contributed by atoms with Crippen LogP contribution in [0.1, 0.15) is 61.2 Å². The molecule has 0 radical (unpaired) electrons. The number of nitrogens with one attached hydrogen (secondary N) is 1. The Morgan fingerprint density at radius 1 is 1.03 bits per heavy atom. The van der Waals surface area contributed by atoms with Crippen LogP contribution in [-0.2, 0) is 10.3 Å². The molecular weight excluding hydrogens is 444 g/mol. The van der Waals surface area contributed by atoms with Gasteiger partial charge in [-0.25, -0.2) is 4.98 Å². The third-order valence-electron chi connectivity index (χ3n) is 7.91. The SMILES string of the molecule is Cc1nc2ccc(-c3cccc(NCC45CCC(c6nc(C7CC7)no6)(CC4)OC5)c3)cc2s1. The second-order valence-corrected chi connectivity index (χ2v) is 11.6. The number of thiazole rings is 1. The Kier molecular flexibility index (Phi) is 4.61. The molecule has 4 aromatic rings. The number of rotatable bonds is 6. The standard InChI is InChI=1S/C27H28N4O2S/c1-17-29-22-8-7-20(14-23(22)34-17)19-3-2-4-21(13-19)28-15-26-9-11-27(12-10-26,32-16-26)25-30-24(31-33-25)18-5-6-18/h2-4,7-8,13-14,18,28H,5-6,9-12,15-16H2,1H3. The van der Waals surface area contributed by atoms with Crippen LogP contribution < -0.4 is 5.32 Å². The van der Waals surface area contributed by atoms with Crippen LogP contribution >= 0.6 is 11.3 Å². The Morgan fingerprint density at radius 3 is 2.68 bits per heavy atom. The number of hydrogen-bond donors (Lipinski definition) is 1. The lowest BCUT2D eigenvalue weighted by molar-refractivity contribution is -0.196. The molecule has 2 aromatic carbocycles. The number of aryl methyl sites for hydroxylation is 1. The van der Waals surface area contributed by atoms with Crippen LogP contribution in [-0.4, -0.2) is 28.3 Å². The normalized spacial score (nSPS) is 26.3. The number of nitrogens with zero attached hydrogens (tertiary/aromatic N) is 3. The van der Waals surface area contributed by atoms with Crippen molar-refractivity contribution in [3.8, 4) is 11.1 Å². The molecule has 0 unspecified atom stereocenters.